The monoisotopic (exact) mass is 534 g/mol. The third-order valence-corrected chi connectivity index (χ3v) is 8.35. The summed E-state index contributed by atoms with van der Waals surface area (Å²) in [6.07, 6.45) is 4.26. The fourth-order valence-electron chi connectivity index (χ4n) is 4.68. The number of aryl methyl sites for hydroxylation is 2. The molecule has 0 amide bonds. The van der Waals surface area contributed by atoms with Gasteiger partial charge in [-0.2, -0.15) is 5.10 Å². The molecule has 1 saturated heterocycles. The molecular weight excluding hydrogens is 499 g/mol. The summed E-state index contributed by atoms with van der Waals surface area (Å²) in [5.41, 5.74) is 3.22. The Kier molecular flexibility index (Phi) is 7.38. The SMILES string of the molecule is CCn1c(CCCc2ccc(-c3cnc(C4(F)COC4)s3)cc2)nn(Cc2ccc(C(C)(C)C)cc2)c1=O. The Bertz CT molecular complexity index is 1440. The molecule has 6 nitrogen and oxygen atoms in total. The molecule has 0 atom stereocenters. The highest BCUT2D eigenvalue weighted by Gasteiger charge is 2.43. The Balaban J connectivity index is 1.20. The zero-order valence-electron chi connectivity index (χ0n) is 22.5. The lowest BCUT2D eigenvalue weighted by Gasteiger charge is -2.31. The molecular formula is C30H35FN4O2S. The van der Waals surface area contributed by atoms with Gasteiger partial charge in [0.05, 0.1) is 24.6 Å². The van der Waals surface area contributed by atoms with Gasteiger partial charge in [0.25, 0.3) is 0 Å². The van der Waals surface area contributed by atoms with Crippen LogP contribution in [0, 0.1) is 0 Å². The van der Waals surface area contributed by atoms with Crippen LogP contribution in [0.5, 0.6) is 0 Å². The van der Waals surface area contributed by atoms with Crippen molar-refractivity contribution in [2.75, 3.05) is 13.2 Å². The number of rotatable bonds is 9. The smallest absolute Gasteiger partial charge is 0.346 e. The third kappa shape index (κ3) is 5.52. The summed E-state index contributed by atoms with van der Waals surface area (Å²) >= 11 is 1.39. The van der Waals surface area contributed by atoms with Crippen molar-refractivity contribution in [1.29, 1.82) is 0 Å². The minimum Gasteiger partial charge on any atom is -0.374 e. The summed E-state index contributed by atoms with van der Waals surface area (Å²) in [6, 6.07) is 16.8. The molecule has 0 N–H and O–H groups in total. The molecule has 2 aromatic heterocycles. The van der Waals surface area contributed by atoms with E-state index in [1.807, 2.05) is 6.92 Å². The predicted molar refractivity (Wildman–Crippen MR) is 150 cm³/mol. The summed E-state index contributed by atoms with van der Waals surface area (Å²) in [7, 11) is 0. The minimum absolute atomic E-state index is 0.0563. The minimum atomic E-state index is -1.42. The first-order valence-electron chi connectivity index (χ1n) is 13.2. The Morgan fingerprint density at radius 1 is 1.03 bits per heavy atom. The van der Waals surface area contributed by atoms with E-state index in [0.717, 1.165) is 41.1 Å². The zero-order valence-corrected chi connectivity index (χ0v) is 23.4. The fraction of sp³-hybridized carbons (Fsp3) is 0.433. The third-order valence-electron chi connectivity index (χ3n) is 7.12. The van der Waals surface area contributed by atoms with Gasteiger partial charge in [-0.05, 0) is 47.4 Å². The highest BCUT2D eigenvalue weighted by atomic mass is 32.1. The van der Waals surface area contributed by atoms with Crippen LogP contribution in [0.4, 0.5) is 4.39 Å². The van der Waals surface area contributed by atoms with Gasteiger partial charge in [0, 0.05) is 19.2 Å². The van der Waals surface area contributed by atoms with Crippen molar-refractivity contribution < 1.29 is 9.13 Å². The number of hydrogen-bond donors (Lipinski definition) is 0. The predicted octanol–water partition coefficient (Wildman–Crippen LogP) is 5.90. The molecule has 2 aromatic carbocycles. The molecule has 0 spiro atoms. The van der Waals surface area contributed by atoms with Crippen LogP contribution in [0.25, 0.3) is 10.4 Å². The first kappa shape index (κ1) is 26.5. The number of aromatic nitrogens is 4. The lowest BCUT2D eigenvalue weighted by molar-refractivity contribution is -0.135. The second kappa shape index (κ2) is 10.6. The molecule has 4 aromatic rings. The van der Waals surface area contributed by atoms with Crippen molar-refractivity contribution in [2.45, 2.75) is 71.1 Å². The molecule has 0 bridgehead atoms. The van der Waals surface area contributed by atoms with Crippen molar-refractivity contribution in [1.82, 2.24) is 19.3 Å². The topological polar surface area (TPSA) is 61.9 Å². The Hall–Kier alpha value is -3.10. The largest absolute Gasteiger partial charge is 0.374 e. The molecule has 38 heavy (non-hydrogen) atoms. The zero-order chi connectivity index (χ0) is 26.9. The van der Waals surface area contributed by atoms with E-state index < -0.39 is 5.67 Å². The van der Waals surface area contributed by atoms with Gasteiger partial charge in [-0.3, -0.25) is 4.57 Å². The number of hydrogen-bond acceptors (Lipinski definition) is 5. The van der Waals surface area contributed by atoms with Crippen LogP contribution >= 0.6 is 11.3 Å². The van der Waals surface area contributed by atoms with E-state index >= 15 is 0 Å². The summed E-state index contributed by atoms with van der Waals surface area (Å²) in [4.78, 5) is 18.2. The normalized spacial score (nSPS) is 15.0. The van der Waals surface area contributed by atoms with Crippen LogP contribution in [0.2, 0.25) is 0 Å². The van der Waals surface area contributed by atoms with E-state index in [-0.39, 0.29) is 24.3 Å². The molecule has 8 heteroatoms. The van der Waals surface area contributed by atoms with Gasteiger partial charge in [0.15, 0.2) is 0 Å². The first-order chi connectivity index (χ1) is 18.2. The van der Waals surface area contributed by atoms with E-state index in [1.54, 1.807) is 15.4 Å². The number of halogens is 1. The molecule has 1 aliphatic heterocycles. The van der Waals surface area contributed by atoms with Gasteiger partial charge in [-0.15, -0.1) is 11.3 Å². The fourth-order valence-corrected chi connectivity index (χ4v) is 5.65. The van der Waals surface area contributed by atoms with Crippen LogP contribution in [0.3, 0.4) is 0 Å². The van der Waals surface area contributed by atoms with Crippen molar-refractivity contribution in [3.63, 3.8) is 0 Å². The van der Waals surface area contributed by atoms with E-state index in [9.17, 15) is 9.18 Å². The lowest BCUT2D eigenvalue weighted by atomic mass is 9.87. The second-order valence-corrected chi connectivity index (χ2v) is 12.1. The van der Waals surface area contributed by atoms with Crippen LogP contribution < -0.4 is 5.69 Å². The second-order valence-electron chi connectivity index (χ2n) is 11.1. The van der Waals surface area contributed by atoms with Gasteiger partial charge in [0.2, 0.25) is 5.67 Å². The van der Waals surface area contributed by atoms with Crippen molar-refractivity contribution >= 4 is 11.3 Å². The number of benzene rings is 2. The molecule has 5 rings (SSSR count). The molecule has 200 valence electrons. The van der Waals surface area contributed by atoms with Crippen LogP contribution in [0.1, 0.15) is 61.6 Å². The van der Waals surface area contributed by atoms with Gasteiger partial charge < -0.3 is 4.74 Å². The molecule has 0 unspecified atom stereocenters. The van der Waals surface area contributed by atoms with Gasteiger partial charge in [-0.1, -0.05) is 69.3 Å². The summed E-state index contributed by atoms with van der Waals surface area (Å²) in [6.45, 7) is 9.83. The maximum atomic E-state index is 14.5. The number of thiazole rings is 1. The summed E-state index contributed by atoms with van der Waals surface area (Å²) in [5, 5.41) is 5.18. The standard InChI is InChI=1S/C30H35FN4O2S/c1-5-34-26(33-35(28(34)36)18-22-11-15-24(16-12-22)29(2,3)4)8-6-7-21-9-13-23(14-10-21)25-17-32-27(38-25)30(31)19-37-20-30/h9-17H,5-8,18-20H2,1-4H3. The van der Waals surface area contributed by atoms with Crippen LogP contribution in [-0.2, 0) is 41.8 Å². The summed E-state index contributed by atoms with van der Waals surface area (Å²) in [5.74, 6) is 0.831. The molecule has 1 aliphatic rings. The van der Waals surface area contributed by atoms with Gasteiger partial charge in [0.1, 0.15) is 10.8 Å². The molecule has 0 radical (unpaired) electrons. The maximum Gasteiger partial charge on any atom is 0.346 e. The molecule has 0 aliphatic carbocycles. The van der Waals surface area contributed by atoms with E-state index in [2.05, 4.69) is 79.4 Å². The molecule has 1 fully saturated rings. The number of nitrogens with zero attached hydrogens (tertiary/aromatic N) is 4. The molecule has 0 saturated carbocycles. The van der Waals surface area contributed by atoms with E-state index in [1.165, 1.54) is 22.5 Å². The average Bonchev–Trinajstić information content (AvgIpc) is 3.48. The molecule has 3 heterocycles. The maximum absolute atomic E-state index is 14.5. The first-order valence-corrected chi connectivity index (χ1v) is 14.1. The van der Waals surface area contributed by atoms with Crippen molar-refractivity contribution in [2.24, 2.45) is 0 Å². The van der Waals surface area contributed by atoms with Crippen LogP contribution in [-0.4, -0.2) is 32.5 Å². The Labute approximate surface area is 227 Å². The number of ether oxygens (including phenoxy) is 1. The van der Waals surface area contributed by atoms with Gasteiger partial charge in [-0.25, -0.2) is 18.9 Å². The van der Waals surface area contributed by atoms with Crippen LogP contribution in [0.15, 0.2) is 59.5 Å². The van der Waals surface area contributed by atoms with E-state index in [4.69, 9.17) is 4.74 Å². The number of alkyl halides is 1. The van der Waals surface area contributed by atoms with Crippen molar-refractivity contribution in [3.8, 4) is 10.4 Å². The quantitative estimate of drug-likeness (QED) is 0.268. The highest BCUT2D eigenvalue weighted by molar-refractivity contribution is 7.15. The highest BCUT2D eigenvalue weighted by Crippen LogP contribution is 2.39. The van der Waals surface area contributed by atoms with Crippen molar-refractivity contribution in [3.05, 3.63) is 92.7 Å². The van der Waals surface area contributed by atoms with Gasteiger partial charge >= 0.3 is 5.69 Å². The summed E-state index contributed by atoms with van der Waals surface area (Å²) < 4.78 is 22.9. The van der Waals surface area contributed by atoms with E-state index in [0.29, 0.717) is 18.1 Å². The lowest BCUT2D eigenvalue weighted by Crippen LogP contribution is -2.42. The average molecular weight is 535 g/mol. The Morgan fingerprint density at radius 3 is 2.32 bits per heavy atom. The Morgan fingerprint density at radius 2 is 1.71 bits per heavy atom.